The van der Waals surface area contributed by atoms with Gasteiger partial charge in [0.15, 0.2) is 6.61 Å². The number of hydrogen-bond donors (Lipinski definition) is 1. The minimum absolute atomic E-state index is 0.0934. The van der Waals surface area contributed by atoms with Crippen LogP contribution in [-0.4, -0.2) is 22.8 Å². The quantitative estimate of drug-likeness (QED) is 0.937. The van der Waals surface area contributed by atoms with E-state index in [4.69, 9.17) is 5.73 Å². The summed E-state index contributed by atoms with van der Waals surface area (Å²) in [6, 6.07) is 1.73. The minimum atomic E-state index is -4.41. The van der Waals surface area contributed by atoms with Gasteiger partial charge < -0.3 is 10.5 Å². The molecule has 2 N–H and O–H groups in total. The number of halogens is 3. The highest BCUT2D eigenvalue weighted by Crippen LogP contribution is 2.31. The van der Waals surface area contributed by atoms with E-state index < -0.39 is 12.8 Å². The highest BCUT2D eigenvalue weighted by molar-refractivity contribution is 7.18. The summed E-state index contributed by atoms with van der Waals surface area (Å²) < 4.78 is 41.0. The number of aryl methyl sites for hydroxylation is 1. The van der Waals surface area contributed by atoms with Crippen LogP contribution < -0.4 is 10.5 Å². The van der Waals surface area contributed by atoms with Crippen molar-refractivity contribution in [2.45, 2.75) is 19.5 Å². The minimum Gasteiger partial charge on any atom is -0.467 e. The molecule has 0 aliphatic heterocycles. The second-order valence-corrected chi connectivity index (χ2v) is 4.69. The predicted octanol–water partition coefficient (Wildman–Crippen LogP) is 2.78. The lowest BCUT2D eigenvalue weighted by Crippen LogP contribution is -2.20. The lowest BCUT2D eigenvalue weighted by atomic mass is 10.3. The summed E-state index contributed by atoms with van der Waals surface area (Å²) in [4.78, 5) is 9.20. The lowest BCUT2D eigenvalue weighted by molar-refractivity contribution is -0.153. The SMILES string of the molecule is CCc1cc2c(OCC(F)(F)F)nc(N)nc2s1. The summed E-state index contributed by atoms with van der Waals surface area (Å²) in [5.41, 5.74) is 5.44. The number of thiophene rings is 1. The molecule has 2 rings (SSSR count). The van der Waals surface area contributed by atoms with E-state index in [0.29, 0.717) is 10.2 Å². The molecule has 0 aliphatic rings. The van der Waals surface area contributed by atoms with Gasteiger partial charge in [0.25, 0.3) is 0 Å². The van der Waals surface area contributed by atoms with E-state index >= 15 is 0 Å². The van der Waals surface area contributed by atoms with E-state index in [1.54, 1.807) is 6.07 Å². The maximum absolute atomic E-state index is 12.1. The van der Waals surface area contributed by atoms with Crippen molar-refractivity contribution in [2.24, 2.45) is 0 Å². The van der Waals surface area contributed by atoms with Crippen molar-refractivity contribution in [3.05, 3.63) is 10.9 Å². The highest BCUT2D eigenvalue weighted by atomic mass is 32.1. The van der Waals surface area contributed by atoms with Crippen LogP contribution in [0.5, 0.6) is 5.88 Å². The Morgan fingerprint density at radius 2 is 2.11 bits per heavy atom. The Balaban J connectivity index is 2.39. The van der Waals surface area contributed by atoms with Gasteiger partial charge >= 0.3 is 6.18 Å². The molecule has 18 heavy (non-hydrogen) atoms. The van der Waals surface area contributed by atoms with E-state index in [1.165, 1.54) is 11.3 Å². The number of nitrogen functional groups attached to an aromatic ring is 1. The number of anilines is 1. The Bertz CT molecular complexity index is 567. The third-order valence-corrected chi connectivity index (χ3v) is 3.32. The molecule has 0 saturated heterocycles. The fraction of sp³-hybridized carbons (Fsp3) is 0.400. The van der Waals surface area contributed by atoms with E-state index in [9.17, 15) is 13.2 Å². The third kappa shape index (κ3) is 2.81. The molecular formula is C10H10F3N3OS. The molecule has 0 atom stereocenters. The van der Waals surface area contributed by atoms with Gasteiger partial charge in [0.1, 0.15) is 4.83 Å². The fourth-order valence-corrected chi connectivity index (χ4v) is 2.36. The van der Waals surface area contributed by atoms with Crippen LogP contribution in [0.1, 0.15) is 11.8 Å². The van der Waals surface area contributed by atoms with Crippen molar-refractivity contribution >= 4 is 27.5 Å². The van der Waals surface area contributed by atoms with Gasteiger partial charge in [-0.15, -0.1) is 11.3 Å². The first kappa shape index (κ1) is 12.9. The number of ether oxygens (including phenoxy) is 1. The van der Waals surface area contributed by atoms with E-state index in [1.807, 2.05) is 6.92 Å². The molecule has 4 nitrogen and oxygen atoms in total. The molecule has 0 fully saturated rings. The summed E-state index contributed by atoms with van der Waals surface area (Å²) in [6.45, 7) is 0.549. The molecule has 0 aromatic carbocycles. The number of aromatic nitrogens is 2. The number of fused-ring (bicyclic) bond motifs is 1. The van der Waals surface area contributed by atoms with Crippen LogP contribution in [0.3, 0.4) is 0 Å². The number of nitrogens with two attached hydrogens (primary N) is 1. The van der Waals surface area contributed by atoms with Crippen LogP contribution in [0.2, 0.25) is 0 Å². The Morgan fingerprint density at radius 1 is 1.39 bits per heavy atom. The fourth-order valence-electron chi connectivity index (χ4n) is 1.40. The van der Waals surface area contributed by atoms with Gasteiger partial charge in [0, 0.05) is 4.88 Å². The molecule has 0 aliphatic carbocycles. The standard InChI is InChI=1S/C10H10F3N3OS/c1-2-5-3-6-7(17-4-10(11,12)13)15-9(14)16-8(6)18-5/h3H,2,4H2,1H3,(H2,14,15,16). The second kappa shape index (κ2) is 4.60. The number of nitrogens with zero attached hydrogens (tertiary/aromatic N) is 2. The molecule has 0 saturated carbocycles. The molecule has 2 aromatic rings. The number of rotatable bonds is 3. The molecule has 0 amide bonds. The first-order valence-corrected chi connectivity index (χ1v) is 5.96. The van der Waals surface area contributed by atoms with Gasteiger partial charge in [-0.1, -0.05) is 6.92 Å². The molecule has 8 heteroatoms. The van der Waals surface area contributed by atoms with Gasteiger partial charge in [-0.25, -0.2) is 4.98 Å². The monoisotopic (exact) mass is 277 g/mol. The maximum Gasteiger partial charge on any atom is 0.422 e. The van der Waals surface area contributed by atoms with Crippen LogP contribution in [0.25, 0.3) is 10.2 Å². The topological polar surface area (TPSA) is 61.0 Å². The van der Waals surface area contributed by atoms with Gasteiger partial charge in [0.2, 0.25) is 11.8 Å². The van der Waals surface area contributed by atoms with Crippen molar-refractivity contribution in [1.29, 1.82) is 0 Å². The summed E-state index contributed by atoms with van der Waals surface area (Å²) >= 11 is 1.37. The molecule has 0 bridgehead atoms. The largest absolute Gasteiger partial charge is 0.467 e. The Kier molecular flexibility index (Phi) is 3.29. The van der Waals surface area contributed by atoms with Crippen LogP contribution >= 0.6 is 11.3 Å². The molecular weight excluding hydrogens is 267 g/mol. The van der Waals surface area contributed by atoms with Gasteiger partial charge in [0.05, 0.1) is 5.39 Å². The Morgan fingerprint density at radius 3 is 2.72 bits per heavy atom. The Hall–Kier alpha value is -1.57. The zero-order valence-electron chi connectivity index (χ0n) is 9.41. The lowest BCUT2D eigenvalue weighted by Gasteiger charge is -2.09. The normalized spacial score (nSPS) is 12.0. The van der Waals surface area contributed by atoms with Crippen LogP contribution in [-0.2, 0) is 6.42 Å². The second-order valence-electron chi connectivity index (χ2n) is 3.58. The summed E-state index contributed by atoms with van der Waals surface area (Å²) in [7, 11) is 0. The average Bonchev–Trinajstić information content (AvgIpc) is 2.67. The van der Waals surface area contributed by atoms with E-state index in [2.05, 4.69) is 14.7 Å². The summed E-state index contributed by atoms with van der Waals surface area (Å²) in [6.07, 6.45) is -3.64. The maximum atomic E-state index is 12.1. The zero-order valence-corrected chi connectivity index (χ0v) is 10.2. The highest BCUT2D eigenvalue weighted by Gasteiger charge is 2.29. The molecule has 0 radical (unpaired) electrons. The van der Waals surface area contributed by atoms with Crippen molar-refractivity contribution in [3.8, 4) is 5.88 Å². The first-order chi connectivity index (χ1) is 8.39. The molecule has 0 unspecified atom stereocenters. The smallest absolute Gasteiger partial charge is 0.422 e. The molecule has 98 valence electrons. The van der Waals surface area contributed by atoms with Crippen LogP contribution in [0.4, 0.5) is 19.1 Å². The van der Waals surface area contributed by atoms with Crippen molar-refractivity contribution in [3.63, 3.8) is 0 Å². The average molecular weight is 277 g/mol. The van der Waals surface area contributed by atoms with Gasteiger partial charge in [-0.3, -0.25) is 0 Å². The first-order valence-electron chi connectivity index (χ1n) is 5.14. The van der Waals surface area contributed by atoms with E-state index in [0.717, 1.165) is 11.3 Å². The number of alkyl halides is 3. The zero-order chi connectivity index (χ0) is 13.3. The van der Waals surface area contributed by atoms with E-state index in [-0.39, 0.29) is 11.8 Å². The van der Waals surface area contributed by atoms with Crippen LogP contribution in [0, 0.1) is 0 Å². The van der Waals surface area contributed by atoms with Crippen molar-refractivity contribution < 1.29 is 17.9 Å². The molecule has 2 heterocycles. The summed E-state index contributed by atoms with van der Waals surface area (Å²) in [5, 5.41) is 0.468. The van der Waals surface area contributed by atoms with Gasteiger partial charge in [-0.05, 0) is 12.5 Å². The Labute approximate surface area is 105 Å². The predicted molar refractivity (Wildman–Crippen MR) is 62.8 cm³/mol. The van der Waals surface area contributed by atoms with Crippen LogP contribution in [0.15, 0.2) is 6.07 Å². The molecule has 2 aromatic heterocycles. The van der Waals surface area contributed by atoms with Crippen molar-refractivity contribution in [1.82, 2.24) is 9.97 Å². The van der Waals surface area contributed by atoms with Gasteiger partial charge in [-0.2, -0.15) is 18.2 Å². The van der Waals surface area contributed by atoms with Crippen molar-refractivity contribution in [2.75, 3.05) is 12.3 Å². The number of hydrogen-bond acceptors (Lipinski definition) is 5. The third-order valence-electron chi connectivity index (χ3n) is 2.15. The molecule has 0 spiro atoms. The summed E-state index contributed by atoms with van der Waals surface area (Å²) in [5.74, 6) is -0.213.